The van der Waals surface area contributed by atoms with Crippen LogP contribution in [-0.4, -0.2) is 46.1 Å². The van der Waals surface area contributed by atoms with Crippen LogP contribution in [0.25, 0.3) is 0 Å². The van der Waals surface area contributed by atoms with Crippen LogP contribution < -0.4 is 5.46 Å². The van der Waals surface area contributed by atoms with Gasteiger partial charge in [-0.05, 0) is 57.6 Å². The minimum Gasteiger partial charge on any atom is -0.468 e. The summed E-state index contributed by atoms with van der Waals surface area (Å²) in [5.74, 6) is -0.397. The third-order valence-electron chi connectivity index (χ3n) is 5.77. The molecule has 2 fully saturated rings. The van der Waals surface area contributed by atoms with E-state index in [0.29, 0.717) is 23.9 Å². The van der Waals surface area contributed by atoms with E-state index in [2.05, 4.69) is 0 Å². The first-order chi connectivity index (χ1) is 11.8. The summed E-state index contributed by atoms with van der Waals surface area (Å²) < 4.78 is 41.8. The van der Waals surface area contributed by atoms with E-state index in [0.717, 1.165) is 6.26 Å². The molecule has 0 radical (unpaired) electrons. The lowest BCUT2D eigenvalue weighted by Crippen LogP contribution is -2.41. The summed E-state index contributed by atoms with van der Waals surface area (Å²) in [6.07, 6.45) is 2.31. The van der Waals surface area contributed by atoms with Gasteiger partial charge in [0.1, 0.15) is 0 Å². The number of methoxy groups -OCH3 is 1. The largest absolute Gasteiger partial charge is 0.494 e. The van der Waals surface area contributed by atoms with Gasteiger partial charge in [0, 0.05) is 6.26 Å². The molecule has 0 unspecified atom stereocenters. The van der Waals surface area contributed by atoms with Crippen LogP contribution in [-0.2, 0) is 34.1 Å². The van der Waals surface area contributed by atoms with Crippen molar-refractivity contribution in [2.24, 2.45) is 0 Å². The highest BCUT2D eigenvalue weighted by Gasteiger charge is 2.55. The monoisotopic (exact) mass is 380 g/mol. The molecule has 26 heavy (non-hydrogen) atoms. The maximum Gasteiger partial charge on any atom is 0.494 e. The average molecular weight is 380 g/mol. The molecule has 142 valence electrons. The van der Waals surface area contributed by atoms with Crippen molar-refractivity contribution in [3.05, 3.63) is 23.8 Å². The van der Waals surface area contributed by atoms with Gasteiger partial charge in [-0.2, -0.15) is 0 Å². The van der Waals surface area contributed by atoms with Gasteiger partial charge in [0.25, 0.3) is 0 Å². The van der Waals surface area contributed by atoms with E-state index in [4.69, 9.17) is 14.0 Å². The number of benzene rings is 1. The second-order valence-electron chi connectivity index (χ2n) is 8.19. The van der Waals surface area contributed by atoms with Crippen LogP contribution in [0, 0.1) is 0 Å². The molecule has 1 aliphatic carbocycles. The molecule has 1 heterocycles. The Morgan fingerprint density at radius 2 is 1.65 bits per heavy atom. The highest BCUT2D eigenvalue weighted by molar-refractivity contribution is 7.90. The van der Waals surface area contributed by atoms with Crippen LogP contribution >= 0.6 is 0 Å². The van der Waals surface area contributed by atoms with E-state index < -0.39 is 39.5 Å². The van der Waals surface area contributed by atoms with E-state index in [1.807, 2.05) is 27.7 Å². The lowest BCUT2D eigenvalue weighted by atomic mass is 9.78. The normalized spacial score (nSPS) is 22.9. The minimum atomic E-state index is -3.55. The molecule has 0 atom stereocenters. The van der Waals surface area contributed by atoms with Crippen LogP contribution in [0.4, 0.5) is 0 Å². The van der Waals surface area contributed by atoms with Crippen molar-refractivity contribution in [2.45, 2.75) is 62.0 Å². The summed E-state index contributed by atoms with van der Waals surface area (Å²) in [6, 6.07) is 5.03. The predicted octanol–water partition coefficient (Wildman–Crippen LogP) is 1.59. The predicted molar refractivity (Wildman–Crippen MR) is 98.2 cm³/mol. The standard InChI is InChI=1S/C18H25BO6S/c1-16(2)17(3,4)25-19(24-16)12-7-8-13(14(11-12)26(6,21)22)18(9-10-18)15(20)23-5/h7-8,11H,9-10H2,1-6H3. The molecule has 8 heteroatoms. The summed E-state index contributed by atoms with van der Waals surface area (Å²) in [5, 5.41) is 0. The zero-order valence-electron chi connectivity index (χ0n) is 16.1. The summed E-state index contributed by atoms with van der Waals surface area (Å²) in [6.45, 7) is 7.76. The second kappa shape index (κ2) is 5.81. The fourth-order valence-corrected chi connectivity index (χ4v) is 4.28. The molecular formula is C18H25BO6S. The first-order valence-corrected chi connectivity index (χ1v) is 10.5. The molecule has 6 nitrogen and oxygen atoms in total. The summed E-state index contributed by atoms with van der Waals surface area (Å²) >= 11 is 0. The zero-order chi connectivity index (χ0) is 19.5. The van der Waals surface area contributed by atoms with Crippen LogP contribution in [0.1, 0.15) is 46.1 Å². The van der Waals surface area contributed by atoms with Crippen molar-refractivity contribution in [1.82, 2.24) is 0 Å². The summed E-state index contributed by atoms with van der Waals surface area (Å²) in [5.41, 5.74) is -0.793. The number of carbonyl (C=O) groups is 1. The third kappa shape index (κ3) is 2.98. The Morgan fingerprint density at radius 1 is 1.12 bits per heavy atom. The number of ether oxygens (including phenoxy) is 1. The van der Waals surface area contributed by atoms with E-state index in [9.17, 15) is 13.2 Å². The molecule has 1 aliphatic heterocycles. The van der Waals surface area contributed by atoms with Gasteiger partial charge in [0.15, 0.2) is 9.84 Å². The van der Waals surface area contributed by atoms with E-state index in [1.165, 1.54) is 7.11 Å². The van der Waals surface area contributed by atoms with Crippen LogP contribution in [0.2, 0.25) is 0 Å². The molecule has 0 amide bonds. The van der Waals surface area contributed by atoms with Crippen molar-refractivity contribution >= 4 is 28.4 Å². The minimum absolute atomic E-state index is 0.132. The summed E-state index contributed by atoms with van der Waals surface area (Å²) in [7, 11) is -2.89. The zero-order valence-corrected chi connectivity index (χ0v) is 16.9. The van der Waals surface area contributed by atoms with Crippen molar-refractivity contribution in [2.75, 3.05) is 13.4 Å². The van der Waals surface area contributed by atoms with Crippen LogP contribution in [0.3, 0.4) is 0 Å². The Labute approximate surface area is 155 Å². The average Bonchev–Trinajstić information content (AvgIpc) is 3.29. The van der Waals surface area contributed by atoms with Gasteiger partial charge in [0.2, 0.25) is 0 Å². The number of rotatable bonds is 4. The highest BCUT2D eigenvalue weighted by atomic mass is 32.2. The number of esters is 1. The quantitative estimate of drug-likeness (QED) is 0.583. The first kappa shape index (κ1) is 19.4. The third-order valence-corrected chi connectivity index (χ3v) is 6.91. The Hall–Kier alpha value is -1.38. The lowest BCUT2D eigenvalue weighted by molar-refractivity contribution is -0.143. The number of hydrogen-bond donors (Lipinski definition) is 0. The van der Waals surface area contributed by atoms with Gasteiger partial charge < -0.3 is 14.0 Å². The topological polar surface area (TPSA) is 78.9 Å². The fourth-order valence-electron chi connectivity index (χ4n) is 3.27. The smallest absolute Gasteiger partial charge is 0.468 e. The maximum absolute atomic E-state index is 12.4. The van der Waals surface area contributed by atoms with E-state index >= 15 is 0 Å². The fraction of sp³-hybridized carbons (Fsp3) is 0.611. The van der Waals surface area contributed by atoms with Gasteiger partial charge >= 0.3 is 13.1 Å². The van der Waals surface area contributed by atoms with Gasteiger partial charge in [-0.3, -0.25) is 4.79 Å². The second-order valence-corrected chi connectivity index (χ2v) is 10.2. The number of hydrogen-bond acceptors (Lipinski definition) is 6. The van der Waals surface area contributed by atoms with E-state index in [1.54, 1.807) is 18.2 Å². The first-order valence-electron chi connectivity index (χ1n) is 8.63. The molecule has 1 aromatic rings. The van der Waals surface area contributed by atoms with Gasteiger partial charge in [0.05, 0.1) is 28.6 Å². The number of sulfone groups is 1. The lowest BCUT2D eigenvalue weighted by Gasteiger charge is -2.32. The molecule has 0 N–H and O–H groups in total. The van der Waals surface area contributed by atoms with Gasteiger partial charge in [-0.25, -0.2) is 8.42 Å². The van der Waals surface area contributed by atoms with Crippen molar-refractivity contribution in [3.63, 3.8) is 0 Å². The molecule has 3 rings (SSSR count). The molecule has 0 aromatic heterocycles. The SMILES string of the molecule is COC(=O)C1(c2ccc(B3OC(C)(C)C(C)(C)O3)cc2S(C)(=O)=O)CC1. The Balaban J connectivity index is 2.06. The Bertz CT molecular complexity index is 838. The van der Waals surface area contributed by atoms with E-state index in [-0.39, 0.29) is 4.90 Å². The highest BCUT2D eigenvalue weighted by Crippen LogP contribution is 2.51. The molecule has 1 saturated heterocycles. The molecular weight excluding hydrogens is 355 g/mol. The molecule has 1 aromatic carbocycles. The summed E-state index contributed by atoms with van der Waals surface area (Å²) in [4.78, 5) is 12.4. The van der Waals surface area contributed by atoms with Crippen molar-refractivity contribution in [3.8, 4) is 0 Å². The Kier molecular flexibility index (Phi) is 4.33. The van der Waals surface area contributed by atoms with Gasteiger partial charge in [-0.15, -0.1) is 0 Å². The van der Waals surface area contributed by atoms with Crippen LogP contribution in [0.15, 0.2) is 23.1 Å². The molecule has 0 bridgehead atoms. The molecule has 1 saturated carbocycles. The molecule has 2 aliphatic rings. The maximum atomic E-state index is 12.4. The number of carbonyl (C=O) groups excluding carboxylic acids is 1. The molecule has 0 spiro atoms. The Morgan fingerprint density at radius 3 is 2.08 bits per heavy atom. The van der Waals surface area contributed by atoms with Crippen molar-refractivity contribution < 1.29 is 27.3 Å². The van der Waals surface area contributed by atoms with Gasteiger partial charge in [-0.1, -0.05) is 12.1 Å². The van der Waals surface area contributed by atoms with Crippen molar-refractivity contribution in [1.29, 1.82) is 0 Å². The van der Waals surface area contributed by atoms with Crippen LogP contribution in [0.5, 0.6) is 0 Å².